The standard InChI is InChI=1S/C17H20N2O/c1-14-8-6-7-9-15(14)12-13-18-17(20)19(2)16-10-4-3-5-11-16/h3-11H,12-13H2,1-2H3,(H,18,20). The van der Waals surface area contributed by atoms with Crippen molar-refractivity contribution in [2.45, 2.75) is 13.3 Å². The number of carbonyl (C=O) groups is 1. The minimum Gasteiger partial charge on any atom is -0.337 e. The highest BCUT2D eigenvalue weighted by molar-refractivity contribution is 5.91. The fraction of sp³-hybridized carbons (Fsp3) is 0.235. The highest BCUT2D eigenvalue weighted by atomic mass is 16.2. The van der Waals surface area contributed by atoms with E-state index in [0.29, 0.717) is 6.54 Å². The van der Waals surface area contributed by atoms with Gasteiger partial charge >= 0.3 is 6.03 Å². The lowest BCUT2D eigenvalue weighted by Crippen LogP contribution is -2.38. The third kappa shape index (κ3) is 3.60. The normalized spacial score (nSPS) is 10.1. The number of rotatable bonds is 4. The van der Waals surface area contributed by atoms with Crippen molar-refractivity contribution in [3.63, 3.8) is 0 Å². The SMILES string of the molecule is Cc1ccccc1CCNC(=O)N(C)c1ccccc1. The molecule has 2 amide bonds. The molecule has 0 aromatic heterocycles. The van der Waals surface area contributed by atoms with Crippen molar-refractivity contribution in [3.05, 3.63) is 65.7 Å². The van der Waals surface area contributed by atoms with Gasteiger partial charge in [-0.25, -0.2) is 4.79 Å². The smallest absolute Gasteiger partial charge is 0.321 e. The van der Waals surface area contributed by atoms with Gasteiger partial charge in [0.15, 0.2) is 0 Å². The van der Waals surface area contributed by atoms with E-state index in [2.05, 4.69) is 24.4 Å². The molecule has 2 aromatic rings. The quantitative estimate of drug-likeness (QED) is 0.905. The molecule has 0 aliphatic carbocycles. The molecule has 2 rings (SSSR count). The van der Waals surface area contributed by atoms with E-state index in [0.717, 1.165) is 12.1 Å². The molecule has 0 saturated heterocycles. The first-order valence-electron chi connectivity index (χ1n) is 6.79. The lowest BCUT2D eigenvalue weighted by atomic mass is 10.1. The zero-order chi connectivity index (χ0) is 14.4. The summed E-state index contributed by atoms with van der Waals surface area (Å²) >= 11 is 0. The lowest BCUT2D eigenvalue weighted by molar-refractivity contribution is 0.247. The Morgan fingerprint density at radius 1 is 1.05 bits per heavy atom. The van der Waals surface area contributed by atoms with Gasteiger partial charge in [-0.05, 0) is 36.6 Å². The average Bonchev–Trinajstić information content (AvgIpc) is 2.49. The molecule has 3 nitrogen and oxygen atoms in total. The van der Waals surface area contributed by atoms with Crippen molar-refractivity contribution in [1.29, 1.82) is 0 Å². The third-order valence-corrected chi connectivity index (χ3v) is 3.38. The maximum Gasteiger partial charge on any atom is 0.321 e. The number of urea groups is 1. The van der Waals surface area contributed by atoms with Crippen molar-refractivity contribution >= 4 is 11.7 Å². The molecular formula is C17H20N2O. The van der Waals surface area contributed by atoms with Crippen LogP contribution in [0, 0.1) is 6.92 Å². The molecule has 0 aliphatic heterocycles. The molecule has 1 N–H and O–H groups in total. The van der Waals surface area contributed by atoms with Crippen LogP contribution in [-0.2, 0) is 6.42 Å². The third-order valence-electron chi connectivity index (χ3n) is 3.38. The average molecular weight is 268 g/mol. The second-order valence-corrected chi connectivity index (χ2v) is 4.80. The van der Waals surface area contributed by atoms with Crippen LogP contribution in [0.5, 0.6) is 0 Å². The molecule has 0 unspecified atom stereocenters. The van der Waals surface area contributed by atoms with Crippen LogP contribution < -0.4 is 10.2 Å². The fourth-order valence-electron chi connectivity index (χ4n) is 2.08. The van der Waals surface area contributed by atoms with Crippen LogP contribution in [-0.4, -0.2) is 19.6 Å². The summed E-state index contributed by atoms with van der Waals surface area (Å²) in [4.78, 5) is 13.7. The van der Waals surface area contributed by atoms with Crippen LogP contribution in [0.2, 0.25) is 0 Å². The molecule has 20 heavy (non-hydrogen) atoms. The van der Waals surface area contributed by atoms with Crippen molar-refractivity contribution in [1.82, 2.24) is 5.32 Å². The minimum atomic E-state index is -0.0789. The molecule has 0 spiro atoms. The zero-order valence-electron chi connectivity index (χ0n) is 12.0. The summed E-state index contributed by atoms with van der Waals surface area (Å²) in [6, 6.07) is 17.8. The highest BCUT2D eigenvalue weighted by Gasteiger charge is 2.09. The van der Waals surface area contributed by atoms with Crippen LogP contribution in [0.1, 0.15) is 11.1 Å². The van der Waals surface area contributed by atoms with Gasteiger partial charge in [0.25, 0.3) is 0 Å². The molecule has 0 atom stereocenters. The second kappa shape index (κ2) is 6.75. The monoisotopic (exact) mass is 268 g/mol. The van der Waals surface area contributed by atoms with Crippen LogP contribution in [0.15, 0.2) is 54.6 Å². The van der Waals surface area contributed by atoms with Gasteiger partial charge in [-0.15, -0.1) is 0 Å². The van der Waals surface area contributed by atoms with E-state index in [1.807, 2.05) is 42.5 Å². The predicted octanol–water partition coefficient (Wildman–Crippen LogP) is 3.38. The number of amides is 2. The van der Waals surface area contributed by atoms with Crippen molar-refractivity contribution < 1.29 is 4.79 Å². The summed E-state index contributed by atoms with van der Waals surface area (Å²) < 4.78 is 0. The Labute approximate surface area is 120 Å². The number of aryl methyl sites for hydroxylation is 1. The number of nitrogens with one attached hydrogen (secondary N) is 1. The van der Waals surface area contributed by atoms with E-state index in [1.165, 1.54) is 11.1 Å². The van der Waals surface area contributed by atoms with Gasteiger partial charge in [0.2, 0.25) is 0 Å². The first kappa shape index (κ1) is 14.1. The molecule has 0 saturated carbocycles. The Hall–Kier alpha value is -2.29. The molecule has 0 bridgehead atoms. The summed E-state index contributed by atoms with van der Waals surface area (Å²) in [5.41, 5.74) is 3.43. The molecule has 104 valence electrons. The topological polar surface area (TPSA) is 32.3 Å². The first-order valence-corrected chi connectivity index (χ1v) is 6.79. The molecule has 3 heteroatoms. The molecule has 0 heterocycles. The molecule has 0 aliphatic rings. The Bertz CT molecular complexity index is 566. The van der Waals surface area contributed by atoms with E-state index < -0.39 is 0 Å². The van der Waals surface area contributed by atoms with Gasteiger partial charge in [0.1, 0.15) is 0 Å². The van der Waals surface area contributed by atoms with Gasteiger partial charge < -0.3 is 5.32 Å². The van der Waals surface area contributed by atoms with Gasteiger partial charge in [-0.3, -0.25) is 4.90 Å². The van der Waals surface area contributed by atoms with Gasteiger partial charge in [-0.1, -0.05) is 42.5 Å². The van der Waals surface area contributed by atoms with Gasteiger partial charge in [0.05, 0.1) is 0 Å². The maximum absolute atomic E-state index is 12.0. The van der Waals surface area contributed by atoms with Crippen molar-refractivity contribution in [2.75, 3.05) is 18.5 Å². The van der Waals surface area contributed by atoms with Gasteiger partial charge in [0, 0.05) is 19.3 Å². The molecular weight excluding hydrogens is 248 g/mol. The Morgan fingerprint density at radius 2 is 1.70 bits per heavy atom. The summed E-state index contributed by atoms with van der Waals surface area (Å²) in [5, 5.41) is 2.94. The van der Waals surface area contributed by atoms with Crippen LogP contribution in [0.25, 0.3) is 0 Å². The summed E-state index contributed by atoms with van der Waals surface area (Å²) in [5.74, 6) is 0. The fourth-order valence-corrected chi connectivity index (χ4v) is 2.08. The van der Waals surface area contributed by atoms with E-state index in [9.17, 15) is 4.79 Å². The van der Waals surface area contributed by atoms with E-state index in [1.54, 1.807) is 11.9 Å². The Morgan fingerprint density at radius 3 is 2.40 bits per heavy atom. The lowest BCUT2D eigenvalue weighted by Gasteiger charge is -2.18. The number of hydrogen-bond acceptors (Lipinski definition) is 1. The van der Waals surface area contributed by atoms with Crippen LogP contribution in [0.3, 0.4) is 0 Å². The molecule has 0 fully saturated rings. The maximum atomic E-state index is 12.0. The van der Waals surface area contributed by atoms with Crippen molar-refractivity contribution in [2.24, 2.45) is 0 Å². The summed E-state index contributed by atoms with van der Waals surface area (Å²) in [6.45, 7) is 2.73. The number of hydrogen-bond donors (Lipinski definition) is 1. The first-order chi connectivity index (χ1) is 9.68. The summed E-state index contributed by atoms with van der Waals surface area (Å²) in [6.07, 6.45) is 0.848. The highest BCUT2D eigenvalue weighted by Crippen LogP contribution is 2.11. The van der Waals surface area contributed by atoms with E-state index in [4.69, 9.17) is 0 Å². The molecule has 0 radical (unpaired) electrons. The van der Waals surface area contributed by atoms with Gasteiger partial charge in [-0.2, -0.15) is 0 Å². The Kier molecular flexibility index (Phi) is 4.77. The number of anilines is 1. The zero-order valence-corrected chi connectivity index (χ0v) is 12.0. The number of benzene rings is 2. The largest absolute Gasteiger partial charge is 0.337 e. The van der Waals surface area contributed by atoms with E-state index >= 15 is 0 Å². The van der Waals surface area contributed by atoms with Crippen LogP contribution >= 0.6 is 0 Å². The summed E-state index contributed by atoms with van der Waals surface area (Å²) in [7, 11) is 1.78. The Balaban J connectivity index is 1.85. The van der Waals surface area contributed by atoms with Crippen LogP contribution in [0.4, 0.5) is 10.5 Å². The minimum absolute atomic E-state index is 0.0789. The van der Waals surface area contributed by atoms with E-state index in [-0.39, 0.29) is 6.03 Å². The second-order valence-electron chi connectivity index (χ2n) is 4.80. The predicted molar refractivity (Wildman–Crippen MR) is 83.1 cm³/mol. The number of para-hydroxylation sites is 1. The van der Waals surface area contributed by atoms with Crippen molar-refractivity contribution in [3.8, 4) is 0 Å². The number of carbonyl (C=O) groups excluding carboxylic acids is 1. The number of nitrogens with zero attached hydrogens (tertiary/aromatic N) is 1. The molecule has 2 aromatic carbocycles.